The topological polar surface area (TPSA) is 12.0 Å². The minimum atomic E-state index is -0.205. The first kappa shape index (κ1) is 9.51. The molecule has 0 heterocycles. The summed E-state index contributed by atoms with van der Waals surface area (Å²) in [5.41, 5.74) is 0.942. The largest absolute Gasteiger partial charge is 0.381 e. The number of hydrogen-bond acceptors (Lipinski definition) is 1. The number of rotatable bonds is 3. The maximum atomic E-state index is 12.6. The standard InChI is InChI=1S/C9H9FIN/c1-2-5-12-9-4-3-7(10)6-8(9)11/h2-4,6,12H,1,5H2. The molecule has 0 aliphatic rings. The average molecular weight is 277 g/mol. The summed E-state index contributed by atoms with van der Waals surface area (Å²) in [6.07, 6.45) is 1.76. The predicted octanol–water partition coefficient (Wildman–Crippen LogP) is 3.03. The first-order chi connectivity index (χ1) is 5.74. The fourth-order valence-electron chi connectivity index (χ4n) is 0.815. The molecule has 0 aliphatic carbocycles. The van der Waals surface area contributed by atoms with Crippen LogP contribution in [0.5, 0.6) is 0 Å². The van der Waals surface area contributed by atoms with Crippen molar-refractivity contribution in [3.05, 3.63) is 40.2 Å². The highest BCUT2D eigenvalue weighted by atomic mass is 127. The van der Waals surface area contributed by atoms with Gasteiger partial charge < -0.3 is 5.32 Å². The van der Waals surface area contributed by atoms with Crippen LogP contribution in [0.3, 0.4) is 0 Å². The van der Waals surface area contributed by atoms with Crippen LogP contribution in [0.1, 0.15) is 0 Å². The third kappa shape index (κ3) is 2.48. The molecule has 1 rings (SSSR count). The highest BCUT2D eigenvalue weighted by Gasteiger charge is 1.98. The van der Waals surface area contributed by atoms with Crippen molar-refractivity contribution in [3.63, 3.8) is 0 Å². The van der Waals surface area contributed by atoms with Crippen LogP contribution in [0.2, 0.25) is 0 Å². The highest BCUT2D eigenvalue weighted by molar-refractivity contribution is 14.1. The molecule has 1 aromatic carbocycles. The van der Waals surface area contributed by atoms with Gasteiger partial charge in [-0.15, -0.1) is 6.58 Å². The Morgan fingerprint density at radius 3 is 2.92 bits per heavy atom. The highest BCUT2D eigenvalue weighted by Crippen LogP contribution is 2.18. The van der Waals surface area contributed by atoms with E-state index in [-0.39, 0.29) is 5.82 Å². The Labute approximate surface area is 84.8 Å². The summed E-state index contributed by atoms with van der Waals surface area (Å²) in [7, 11) is 0. The summed E-state index contributed by atoms with van der Waals surface area (Å²) in [5, 5.41) is 3.10. The third-order valence-electron chi connectivity index (χ3n) is 1.37. The van der Waals surface area contributed by atoms with Crippen molar-refractivity contribution in [2.24, 2.45) is 0 Å². The van der Waals surface area contributed by atoms with Crippen LogP contribution in [0.15, 0.2) is 30.9 Å². The zero-order valence-corrected chi connectivity index (χ0v) is 8.64. The zero-order valence-electron chi connectivity index (χ0n) is 6.48. The van der Waals surface area contributed by atoms with E-state index >= 15 is 0 Å². The predicted molar refractivity (Wildman–Crippen MR) is 57.8 cm³/mol. The lowest BCUT2D eigenvalue weighted by Crippen LogP contribution is -1.99. The van der Waals surface area contributed by atoms with Gasteiger partial charge in [-0.25, -0.2) is 4.39 Å². The molecule has 0 amide bonds. The molecular weight excluding hydrogens is 268 g/mol. The lowest BCUT2D eigenvalue weighted by molar-refractivity contribution is 0.627. The van der Waals surface area contributed by atoms with Crippen LogP contribution in [-0.4, -0.2) is 6.54 Å². The number of nitrogens with one attached hydrogen (secondary N) is 1. The second kappa shape index (κ2) is 4.45. The molecule has 3 heteroatoms. The molecular formula is C9H9FIN. The molecule has 0 unspecified atom stereocenters. The molecule has 12 heavy (non-hydrogen) atoms. The Morgan fingerprint density at radius 1 is 1.58 bits per heavy atom. The molecule has 0 bridgehead atoms. The van der Waals surface area contributed by atoms with Gasteiger partial charge in [0, 0.05) is 15.8 Å². The number of benzene rings is 1. The molecule has 0 radical (unpaired) electrons. The van der Waals surface area contributed by atoms with Crippen molar-refractivity contribution in [3.8, 4) is 0 Å². The molecule has 0 aromatic heterocycles. The monoisotopic (exact) mass is 277 g/mol. The number of anilines is 1. The van der Waals surface area contributed by atoms with Gasteiger partial charge in [-0.3, -0.25) is 0 Å². The van der Waals surface area contributed by atoms with Crippen molar-refractivity contribution in [2.45, 2.75) is 0 Å². The number of halogens is 2. The van der Waals surface area contributed by atoms with Crippen molar-refractivity contribution in [2.75, 3.05) is 11.9 Å². The summed E-state index contributed by atoms with van der Waals surface area (Å²) in [4.78, 5) is 0. The minimum Gasteiger partial charge on any atom is -0.381 e. The van der Waals surface area contributed by atoms with Crippen molar-refractivity contribution < 1.29 is 4.39 Å². The van der Waals surface area contributed by atoms with E-state index in [0.29, 0.717) is 6.54 Å². The Hall–Kier alpha value is -0.580. The SMILES string of the molecule is C=CCNc1ccc(F)cc1I. The van der Waals surface area contributed by atoms with Gasteiger partial charge in [0.05, 0.1) is 0 Å². The van der Waals surface area contributed by atoms with Gasteiger partial charge in [0.2, 0.25) is 0 Å². The fourth-order valence-corrected chi connectivity index (χ4v) is 1.48. The lowest BCUT2D eigenvalue weighted by Gasteiger charge is -2.05. The van der Waals surface area contributed by atoms with E-state index in [1.54, 1.807) is 12.1 Å². The molecule has 0 saturated heterocycles. The molecule has 0 aliphatic heterocycles. The molecule has 1 nitrogen and oxygen atoms in total. The summed E-state index contributed by atoms with van der Waals surface area (Å²) < 4.78 is 13.5. The normalized spacial score (nSPS) is 9.50. The van der Waals surface area contributed by atoms with E-state index < -0.39 is 0 Å². The van der Waals surface area contributed by atoms with E-state index in [0.717, 1.165) is 9.26 Å². The molecule has 1 aromatic rings. The Bertz CT molecular complexity index is 286. The summed E-state index contributed by atoms with van der Waals surface area (Å²) >= 11 is 2.09. The van der Waals surface area contributed by atoms with Crippen LogP contribution in [0.4, 0.5) is 10.1 Å². The molecule has 0 atom stereocenters. The third-order valence-corrected chi connectivity index (χ3v) is 2.26. The van der Waals surface area contributed by atoms with E-state index in [4.69, 9.17) is 0 Å². The quantitative estimate of drug-likeness (QED) is 0.661. The fraction of sp³-hybridized carbons (Fsp3) is 0.111. The Balaban J connectivity index is 2.78. The summed E-state index contributed by atoms with van der Waals surface area (Å²) in [6.45, 7) is 4.28. The van der Waals surface area contributed by atoms with E-state index in [9.17, 15) is 4.39 Å². The Morgan fingerprint density at radius 2 is 2.33 bits per heavy atom. The van der Waals surface area contributed by atoms with Crippen molar-refractivity contribution >= 4 is 28.3 Å². The van der Waals surface area contributed by atoms with Crippen LogP contribution in [0.25, 0.3) is 0 Å². The van der Waals surface area contributed by atoms with E-state index in [1.165, 1.54) is 12.1 Å². The molecule has 0 saturated carbocycles. The van der Waals surface area contributed by atoms with Gasteiger partial charge >= 0.3 is 0 Å². The maximum absolute atomic E-state index is 12.6. The average Bonchev–Trinajstić information content (AvgIpc) is 2.03. The molecule has 64 valence electrons. The zero-order chi connectivity index (χ0) is 8.97. The van der Waals surface area contributed by atoms with Crippen LogP contribution < -0.4 is 5.32 Å². The van der Waals surface area contributed by atoms with Crippen LogP contribution in [0, 0.1) is 9.39 Å². The van der Waals surface area contributed by atoms with Crippen LogP contribution >= 0.6 is 22.6 Å². The van der Waals surface area contributed by atoms with Gasteiger partial charge in [-0.2, -0.15) is 0 Å². The second-order valence-electron chi connectivity index (χ2n) is 2.29. The second-order valence-corrected chi connectivity index (χ2v) is 3.46. The number of hydrogen-bond donors (Lipinski definition) is 1. The Kier molecular flexibility index (Phi) is 3.52. The van der Waals surface area contributed by atoms with Gasteiger partial charge in [-0.05, 0) is 40.8 Å². The smallest absolute Gasteiger partial charge is 0.124 e. The lowest BCUT2D eigenvalue weighted by atomic mass is 10.3. The minimum absolute atomic E-state index is 0.205. The summed E-state index contributed by atoms with van der Waals surface area (Å²) in [5.74, 6) is -0.205. The van der Waals surface area contributed by atoms with E-state index in [1.807, 2.05) is 0 Å². The van der Waals surface area contributed by atoms with Gasteiger partial charge in [-0.1, -0.05) is 6.08 Å². The van der Waals surface area contributed by atoms with Crippen molar-refractivity contribution in [1.29, 1.82) is 0 Å². The summed E-state index contributed by atoms with van der Waals surface area (Å²) in [6, 6.07) is 4.65. The first-order valence-corrected chi connectivity index (χ1v) is 4.61. The van der Waals surface area contributed by atoms with Gasteiger partial charge in [0.15, 0.2) is 0 Å². The van der Waals surface area contributed by atoms with Gasteiger partial charge in [0.1, 0.15) is 5.82 Å². The van der Waals surface area contributed by atoms with Crippen molar-refractivity contribution in [1.82, 2.24) is 0 Å². The molecule has 1 N–H and O–H groups in total. The first-order valence-electron chi connectivity index (χ1n) is 3.54. The van der Waals surface area contributed by atoms with Gasteiger partial charge in [0.25, 0.3) is 0 Å². The van der Waals surface area contributed by atoms with Crippen LogP contribution in [-0.2, 0) is 0 Å². The molecule has 0 fully saturated rings. The molecule has 0 spiro atoms. The maximum Gasteiger partial charge on any atom is 0.124 e. The van der Waals surface area contributed by atoms with E-state index in [2.05, 4.69) is 34.5 Å².